The molecule has 0 saturated heterocycles. The molecule has 10 heteroatoms. The highest BCUT2D eigenvalue weighted by Crippen LogP contribution is 2.38. The van der Waals surface area contributed by atoms with Crippen molar-refractivity contribution >= 4 is 23.3 Å². The van der Waals surface area contributed by atoms with Crippen molar-refractivity contribution in [2.75, 3.05) is 27.9 Å². The number of nitrogens with one attached hydrogen (secondary N) is 1. The molecule has 180 valence electrons. The number of halogens is 3. The van der Waals surface area contributed by atoms with Gasteiger partial charge >= 0.3 is 6.18 Å². The molecule has 0 aliphatic carbocycles. The van der Waals surface area contributed by atoms with Gasteiger partial charge in [0.1, 0.15) is 5.01 Å². The van der Waals surface area contributed by atoms with E-state index < -0.39 is 11.7 Å². The summed E-state index contributed by atoms with van der Waals surface area (Å²) in [5, 5.41) is 5.23. The Bertz CT molecular complexity index is 1130. The third-order valence-electron chi connectivity index (χ3n) is 4.81. The summed E-state index contributed by atoms with van der Waals surface area (Å²) in [6.45, 7) is 0.356. The monoisotopic (exact) mass is 492 g/mol. The molecule has 0 fully saturated rings. The highest BCUT2D eigenvalue weighted by molar-refractivity contribution is 7.13. The lowest BCUT2D eigenvalue weighted by molar-refractivity contribution is -0.137. The smallest absolute Gasteiger partial charge is 0.416 e. The predicted octanol–water partition coefficient (Wildman–Crippen LogP) is 5.23. The van der Waals surface area contributed by atoms with Crippen LogP contribution in [-0.4, -0.2) is 38.8 Å². The van der Waals surface area contributed by atoms with Gasteiger partial charge in [0.05, 0.1) is 32.6 Å². The number of aromatic nitrogens is 1. The Hall–Kier alpha value is -3.53. The van der Waals surface area contributed by atoms with E-state index in [1.54, 1.807) is 18.2 Å². The summed E-state index contributed by atoms with van der Waals surface area (Å²) in [5.41, 5.74) is 1.36. The largest absolute Gasteiger partial charge is 0.493 e. The number of alkyl halides is 3. The Kier molecular flexibility index (Phi) is 8.17. The third-order valence-corrected chi connectivity index (χ3v) is 5.75. The molecular weight excluding hydrogens is 469 g/mol. The van der Waals surface area contributed by atoms with Crippen molar-refractivity contribution in [3.8, 4) is 27.8 Å². The van der Waals surface area contributed by atoms with Crippen LogP contribution in [0.15, 0.2) is 47.9 Å². The van der Waals surface area contributed by atoms with Crippen molar-refractivity contribution in [3.05, 3.63) is 64.7 Å². The molecule has 34 heavy (non-hydrogen) atoms. The first-order chi connectivity index (χ1) is 16.2. The number of hydrogen-bond acceptors (Lipinski definition) is 6. The summed E-state index contributed by atoms with van der Waals surface area (Å²) < 4.78 is 54.0. The quantitative estimate of drug-likeness (QED) is 0.415. The summed E-state index contributed by atoms with van der Waals surface area (Å²) in [6, 6.07) is 8.34. The van der Waals surface area contributed by atoms with Gasteiger partial charge in [-0.05, 0) is 35.9 Å². The van der Waals surface area contributed by atoms with Gasteiger partial charge in [-0.1, -0.05) is 12.1 Å². The van der Waals surface area contributed by atoms with Crippen molar-refractivity contribution in [2.45, 2.75) is 12.6 Å². The number of benzene rings is 2. The molecule has 0 aliphatic rings. The summed E-state index contributed by atoms with van der Waals surface area (Å²) in [4.78, 5) is 16.6. The topological polar surface area (TPSA) is 69.7 Å². The van der Waals surface area contributed by atoms with E-state index in [-0.39, 0.29) is 5.91 Å². The Morgan fingerprint density at radius 1 is 1.06 bits per heavy atom. The Labute approximate surface area is 199 Å². The van der Waals surface area contributed by atoms with Crippen LogP contribution in [0.3, 0.4) is 0 Å². The van der Waals surface area contributed by atoms with Gasteiger partial charge in [0.15, 0.2) is 11.5 Å². The number of ether oxygens (including phenoxy) is 3. The molecule has 1 aromatic heterocycles. The van der Waals surface area contributed by atoms with Gasteiger partial charge in [-0.2, -0.15) is 13.2 Å². The van der Waals surface area contributed by atoms with E-state index in [9.17, 15) is 18.0 Å². The first kappa shape index (κ1) is 25.1. The number of hydrogen-bond donors (Lipinski definition) is 1. The normalized spacial score (nSPS) is 11.5. The number of carbonyl (C=O) groups excluding carboxylic acids is 1. The van der Waals surface area contributed by atoms with Crippen molar-refractivity contribution in [2.24, 2.45) is 0 Å². The van der Waals surface area contributed by atoms with Crippen LogP contribution in [0.1, 0.15) is 16.8 Å². The van der Waals surface area contributed by atoms with E-state index in [4.69, 9.17) is 14.2 Å². The van der Waals surface area contributed by atoms with E-state index in [0.29, 0.717) is 46.3 Å². The van der Waals surface area contributed by atoms with Crippen molar-refractivity contribution in [1.29, 1.82) is 0 Å². The summed E-state index contributed by atoms with van der Waals surface area (Å²) in [6.07, 6.45) is -0.855. The number of methoxy groups -OCH3 is 3. The first-order valence-corrected chi connectivity index (χ1v) is 11.0. The lowest BCUT2D eigenvalue weighted by Crippen LogP contribution is -2.23. The molecule has 0 aliphatic heterocycles. The van der Waals surface area contributed by atoms with Crippen LogP contribution in [0.25, 0.3) is 16.6 Å². The number of rotatable bonds is 9. The van der Waals surface area contributed by atoms with E-state index in [2.05, 4.69) is 10.3 Å². The Morgan fingerprint density at radius 2 is 1.71 bits per heavy atom. The van der Waals surface area contributed by atoms with Crippen molar-refractivity contribution in [1.82, 2.24) is 10.3 Å². The average Bonchev–Trinajstić information content (AvgIpc) is 3.30. The third kappa shape index (κ3) is 6.28. The Morgan fingerprint density at radius 3 is 2.26 bits per heavy atom. The number of thiazole rings is 1. The molecule has 1 N–H and O–H groups in total. The van der Waals surface area contributed by atoms with Crippen molar-refractivity contribution < 1.29 is 32.2 Å². The second kappa shape index (κ2) is 11.1. The van der Waals surface area contributed by atoms with E-state index in [1.165, 1.54) is 50.9 Å². The van der Waals surface area contributed by atoms with Crippen LogP contribution in [0.4, 0.5) is 13.2 Å². The van der Waals surface area contributed by atoms with Gasteiger partial charge in [-0.15, -0.1) is 11.3 Å². The minimum atomic E-state index is -4.37. The highest BCUT2D eigenvalue weighted by Gasteiger charge is 2.30. The van der Waals surface area contributed by atoms with Gasteiger partial charge in [-0.3, -0.25) is 4.79 Å². The maximum absolute atomic E-state index is 12.7. The standard InChI is InChI=1S/C24H23F3N2O4S/c1-31-19-12-15(13-20(32-2)22(19)33-3)4-9-21(30)28-11-10-18-14-34-23(29-18)16-5-7-17(8-6-16)24(25,26)27/h4-9,12-14H,10-11H2,1-3H3,(H,28,30). The molecule has 3 aromatic rings. The fraction of sp³-hybridized carbons (Fsp3) is 0.250. The molecule has 6 nitrogen and oxygen atoms in total. The zero-order valence-electron chi connectivity index (χ0n) is 18.7. The van der Waals surface area contributed by atoms with Gasteiger partial charge < -0.3 is 19.5 Å². The van der Waals surface area contributed by atoms with E-state index in [0.717, 1.165) is 17.8 Å². The van der Waals surface area contributed by atoms with Gasteiger partial charge in [0.25, 0.3) is 0 Å². The summed E-state index contributed by atoms with van der Waals surface area (Å²) in [7, 11) is 4.54. The van der Waals surface area contributed by atoms with Crippen LogP contribution < -0.4 is 19.5 Å². The van der Waals surface area contributed by atoms with E-state index >= 15 is 0 Å². The number of nitrogens with zero attached hydrogens (tertiary/aromatic N) is 1. The fourth-order valence-electron chi connectivity index (χ4n) is 3.10. The van der Waals surface area contributed by atoms with Gasteiger partial charge in [0, 0.05) is 30.0 Å². The number of amides is 1. The van der Waals surface area contributed by atoms with Crippen LogP contribution in [0.5, 0.6) is 17.2 Å². The lowest BCUT2D eigenvalue weighted by Gasteiger charge is -2.12. The van der Waals surface area contributed by atoms with Gasteiger partial charge in [0.2, 0.25) is 11.7 Å². The molecule has 3 rings (SSSR count). The van der Waals surface area contributed by atoms with Gasteiger partial charge in [-0.25, -0.2) is 4.98 Å². The molecule has 0 saturated carbocycles. The Balaban J connectivity index is 1.55. The summed E-state index contributed by atoms with van der Waals surface area (Å²) >= 11 is 1.34. The molecule has 0 radical (unpaired) electrons. The second-order valence-corrected chi connectivity index (χ2v) is 7.91. The molecule has 0 unspecified atom stereocenters. The fourth-order valence-corrected chi connectivity index (χ4v) is 3.96. The molecule has 0 bridgehead atoms. The average molecular weight is 493 g/mol. The minimum absolute atomic E-state index is 0.285. The first-order valence-electron chi connectivity index (χ1n) is 10.1. The van der Waals surface area contributed by atoms with Crippen LogP contribution in [0.2, 0.25) is 0 Å². The number of carbonyl (C=O) groups is 1. The lowest BCUT2D eigenvalue weighted by atomic mass is 10.1. The highest BCUT2D eigenvalue weighted by atomic mass is 32.1. The SMILES string of the molecule is COc1cc(C=CC(=O)NCCc2csc(-c3ccc(C(F)(F)F)cc3)n2)cc(OC)c1OC. The predicted molar refractivity (Wildman–Crippen MR) is 124 cm³/mol. The maximum atomic E-state index is 12.7. The second-order valence-electron chi connectivity index (χ2n) is 7.05. The zero-order chi connectivity index (χ0) is 24.7. The van der Waals surface area contributed by atoms with Crippen molar-refractivity contribution in [3.63, 3.8) is 0 Å². The minimum Gasteiger partial charge on any atom is -0.493 e. The molecule has 0 spiro atoms. The maximum Gasteiger partial charge on any atom is 0.416 e. The molecule has 1 amide bonds. The molecule has 0 atom stereocenters. The molecule has 1 heterocycles. The van der Waals surface area contributed by atoms with Crippen LogP contribution in [0, 0.1) is 0 Å². The van der Waals surface area contributed by atoms with Crippen LogP contribution in [-0.2, 0) is 17.4 Å². The molecule has 2 aromatic carbocycles. The molecular formula is C24H23F3N2O4S. The zero-order valence-corrected chi connectivity index (χ0v) is 19.5. The van der Waals surface area contributed by atoms with E-state index in [1.807, 2.05) is 5.38 Å². The van der Waals surface area contributed by atoms with Crippen LogP contribution >= 0.6 is 11.3 Å². The summed E-state index contributed by atoms with van der Waals surface area (Å²) in [5.74, 6) is 1.14.